The van der Waals surface area contributed by atoms with Crippen molar-refractivity contribution < 1.29 is 0 Å². The van der Waals surface area contributed by atoms with Crippen molar-refractivity contribution >= 4 is 34.8 Å². The number of hydrogen-bond donors (Lipinski definition) is 0. The van der Waals surface area contributed by atoms with Crippen molar-refractivity contribution in [3.63, 3.8) is 0 Å². The number of isothiocyanates is 2. The van der Waals surface area contributed by atoms with E-state index in [2.05, 4.69) is 44.7 Å². The molecule has 0 atom stereocenters. The summed E-state index contributed by atoms with van der Waals surface area (Å²) in [6, 6.07) is 0. The fourth-order valence-corrected chi connectivity index (χ4v) is 1.62. The lowest BCUT2D eigenvalue weighted by Crippen LogP contribution is -1.83. The molecule has 0 aromatic heterocycles. The highest BCUT2D eigenvalue weighted by Gasteiger charge is 2.09. The third-order valence-electron chi connectivity index (χ3n) is 2.02. The zero-order valence-electron chi connectivity index (χ0n) is 7.25. The highest BCUT2D eigenvalue weighted by Crippen LogP contribution is 2.24. The molecule has 13 heavy (non-hydrogen) atoms. The molecule has 0 bridgehead atoms. The van der Waals surface area contributed by atoms with Gasteiger partial charge in [0.05, 0.1) is 21.7 Å². The summed E-state index contributed by atoms with van der Waals surface area (Å²) in [6.07, 6.45) is 5.37. The van der Waals surface area contributed by atoms with Crippen LogP contribution in [0.1, 0.15) is 32.1 Å². The van der Waals surface area contributed by atoms with Gasteiger partial charge in [-0.05, 0) is 50.1 Å². The average Bonchev–Trinajstić information content (AvgIpc) is 2.33. The minimum absolute atomic E-state index is 0.930. The van der Waals surface area contributed by atoms with Crippen LogP contribution in [0.5, 0.6) is 0 Å². The van der Waals surface area contributed by atoms with E-state index in [4.69, 9.17) is 0 Å². The lowest BCUT2D eigenvalue weighted by molar-refractivity contribution is 0.704. The summed E-state index contributed by atoms with van der Waals surface area (Å²) in [7, 11) is 0. The first kappa shape index (κ1) is 10.4. The molecule has 2 nitrogen and oxygen atoms in total. The van der Waals surface area contributed by atoms with Gasteiger partial charge >= 0.3 is 0 Å². The average molecular weight is 210 g/mol. The molecule has 0 N–H and O–H groups in total. The summed E-state index contributed by atoms with van der Waals surface area (Å²) in [4.78, 5) is 8.02. The van der Waals surface area contributed by atoms with Gasteiger partial charge < -0.3 is 0 Å². The van der Waals surface area contributed by atoms with Gasteiger partial charge in [-0.2, -0.15) is 9.98 Å². The number of rotatable bonds is 2. The van der Waals surface area contributed by atoms with Gasteiger partial charge in [0.25, 0.3) is 0 Å². The Morgan fingerprint density at radius 3 is 1.69 bits per heavy atom. The lowest BCUT2D eigenvalue weighted by Gasteiger charge is -1.98. The molecule has 4 heteroatoms. The van der Waals surface area contributed by atoms with Crippen molar-refractivity contribution in [3.05, 3.63) is 11.4 Å². The van der Waals surface area contributed by atoms with Crippen LogP contribution < -0.4 is 0 Å². The molecule has 1 aliphatic rings. The molecular weight excluding hydrogens is 200 g/mol. The molecule has 1 rings (SSSR count). The van der Waals surface area contributed by atoms with Crippen LogP contribution in [0.4, 0.5) is 0 Å². The minimum Gasteiger partial charge on any atom is -0.197 e. The standard InChI is InChI=1S/C9H10N2S2/c12-6-10-8-4-2-1-3-5-9(8)11-7-13/h1-5H2. The Morgan fingerprint density at radius 1 is 0.846 bits per heavy atom. The second-order valence-corrected chi connectivity index (χ2v) is 3.23. The molecule has 0 aromatic carbocycles. The van der Waals surface area contributed by atoms with Crippen molar-refractivity contribution in [3.8, 4) is 0 Å². The van der Waals surface area contributed by atoms with Gasteiger partial charge in [-0.25, -0.2) is 0 Å². The third kappa shape index (κ3) is 3.29. The third-order valence-corrected chi connectivity index (χ3v) is 2.20. The van der Waals surface area contributed by atoms with Crippen LogP contribution in [0.3, 0.4) is 0 Å². The lowest BCUT2D eigenvalue weighted by atomic mass is 10.2. The molecule has 0 saturated carbocycles. The van der Waals surface area contributed by atoms with Gasteiger partial charge in [0.15, 0.2) is 0 Å². The number of thiocarbonyl (C=S) groups is 2. The van der Waals surface area contributed by atoms with Gasteiger partial charge in [0.2, 0.25) is 0 Å². The van der Waals surface area contributed by atoms with Crippen LogP contribution in [0.15, 0.2) is 21.4 Å². The highest BCUT2D eigenvalue weighted by atomic mass is 32.1. The van der Waals surface area contributed by atoms with E-state index in [1.807, 2.05) is 0 Å². The second-order valence-electron chi connectivity index (χ2n) is 2.86. The molecule has 0 spiro atoms. The maximum absolute atomic E-state index is 4.58. The molecule has 0 amide bonds. The van der Waals surface area contributed by atoms with Crippen molar-refractivity contribution in [2.75, 3.05) is 0 Å². The maximum atomic E-state index is 4.58. The van der Waals surface area contributed by atoms with E-state index in [1.165, 1.54) is 6.42 Å². The van der Waals surface area contributed by atoms with E-state index in [0.29, 0.717) is 0 Å². The van der Waals surface area contributed by atoms with E-state index in [1.54, 1.807) is 0 Å². The van der Waals surface area contributed by atoms with Crippen molar-refractivity contribution in [2.24, 2.45) is 9.98 Å². The largest absolute Gasteiger partial charge is 0.197 e. The summed E-state index contributed by atoms with van der Waals surface area (Å²) >= 11 is 9.15. The monoisotopic (exact) mass is 210 g/mol. The summed E-state index contributed by atoms with van der Waals surface area (Å²) in [5.41, 5.74) is 1.87. The summed E-state index contributed by atoms with van der Waals surface area (Å²) in [6.45, 7) is 0. The fourth-order valence-electron chi connectivity index (χ4n) is 1.40. The van der Waals surface area contributed by atoms with Crippen LogP contribution in [0.25, 0.3) is 0 Å². The van der Waals surface area contributed by atoms with E-state index in [-0.39, 0.29) is 0 Å². The Bertz CT molecular complexity index is 278. The van der Waals surface area contributed by atoms with Gasteiger partial charge in [0, 0.05) is 0 Å². The Hall–Kier alpha value is -0.660. The van der Waals surface area contributed by atoms with Crippen LogP contribution in [0.2, 0.25) is 0 Å². The fraction of sp³-hybridized carbons (Fsp3) is 0.556. The normalized spacial score (nSPS) is 16.9. The zero-order chi connectivity index (χ0) is 9.52. The van der Waals surface area contributed by atoms with E-state index >= 15 is 0 Å². The summed E-state index contributed by atoms with van der Waals surface area (Å²) in [5.74, 6) is 0. The first-order chi connectivity index (χ1) is 6.38. The molecule has 0 aliphatic heterocycles. The topological polar surface area (TPSA) is 24.7 Å². The minimum atomic E-state index is 0.930. The smallest absolute Gasteiger partial charge is 0.0736 e. The first-order valence-electron chi connectivity index (χ1n) is 4.26. The van der Waals surface area contributed by atoms with Crippen molar-refractivity contribution in [1.29, 1.82) is 0 Å². The molecule has 0 heterocycles. The van der Waals surface area contributed by atoms with Crippen LogP contribution in [-0.2, 0) is 0 Å². The SMILES string of the molecule is S=C=NC1=C(N=C=S)CCCCC1. The zero-order valence-corrected chi connectivity index (χ0v) is 8.88. The predicted octanol–water partition coefficient (Wildman–Crippen LogP) is 3.37. The van der Waals surface area contributed by atoms with Gasteiger partial charge in [-0.15, -0.1) is 0 Å². The van der Waals surface area contributed by atoms with E-state index in [0.717, 1.165) is 37.1 Å². The number of aliphatic imine (C=N–C) groups is 2. The maximum Gasteiger partial charge on any atom is 0.0736 e. The van der Waals surface area contributed by atoms with Gasteiger partial charge in [-0.3, -0.25) is 0 Å². The molecule has 0 fully saturated rings. The van der Waals surface area contributed by atoms with E-state index < -0.39 is 0 Å². The van der Waals surface area contributed by atoms with E-state index in [9.17, 15) is 0 Å². The van der Waals surface area contributed by atoms with Crippen LogP contribution in [-0.4, -0.2) is 10.3 Å². The van der Waals surface area contributed by atoms with Crippen LogP contribution in [0, 0.1) is 0 Å². The summed E-state index contributed by atoms with van der Waals surface area (Å²) in [5, 5.41) is 4.76. The Labute approximate surface area is 88.5 Å². The molecular formula is C9H10N2S2. The number of allylic oxidation sites excluding steroid dienone is 2. The molecule has 0 saturated heterocycles. The Balaban J connectivity index is 2.97. The quantitative estimate of drug-likeness (QED) is 0.515. The van der Waals surface area contributed by atoms with Crippen molar-refractivity contribution in [1.82, 2.24) is 0 Å². The highest BCUT2D eigenvalue weighted by molar-refractivity contribution is 7.78. The van der Waals surface area contributed by atoms with Gasteiger partial charge in [-0.1, -0.05) is 6.42 Å². The first-order valence-corrected chi connectivity index (χ1v) is 5.08. The van der Waals surface area contributed by atoms with Crippen LogP contribution >= 0.6 is 24.4 Å². The number of nitrogens with zero attached hydrogens (tertiary/aromatic N) is 2. The molecule has 0 unspecified atom stereocenters. The molecule has 0 radical (unpaired) electrons. The molecule has 1 aliphatic carbocycles. The molecule has 0 aromatic rings. The second kappa shape index (κ2) is 5.90. The van der Waals surface area contributed by atoms with Gasteiger partial charge in [0.1, 0.15) is 0 Å². The Morgan fingerprint density at radius 2 is 1.31 bits per heavy atom. The Kier molecular flexibility index (Phi) is 4.73. The predicted molar refractivity (Wildman–Crippen MR) is 60.2 cm³/mol. The number of hydrogen-bond acceptors (Lipinski definition) is 4. The molecule has 68 valence electrons. The summed E-state index contributed by atoms with van der Waals surface area (Å²) < 4.78 is 0. The van der Waals surface area contributed by atoms with Crippen molar-refractivity contribution in [2.45, 2.75) is 32.1 Å².